The van der Waals surface area contributed by atoms with Crippen LogP contribution in [0.2, 0.25) is 0 Å². The van der Waals surface area contributed by atoms with Gasteiger partial charge in [0, 0.05) is 41.8 Å². The zero-order valence-corrected chi connectivity index (χ0v) is 13.3. The van der Waals surface area contributed by atoms with Crippen LogP contribution in [0.25, 0.3) is 0 Å². The number of benzene rings is 1. The minimum atomic E-state index is -0.117. The fourth-order valence-electron chi connectivity index (χ4n) is 2.93. The quantitative estimate of drug-likeness (QED) is 0.909. The van der Waals surface area contributed by atoms with Crippen molar-refractivity contribution < 1.29 is 4.39 Å². The summed E-state index contributed by atoms with van der Waals surface area (Å²) in [5.41, 5.74) is 0.953. The summed E-state index contributed by atoms with van der Waals surface area (Å²) in [4.78, 5) is 2.44. The van der Waals surface area contributed by atoms with Gasteiger partial charge in [0.2, 0.25) is 0 Å². The van der Waals surface area contributed by atoms with Crippen molar-refractivity contribution in [3.8, 4) is 0 Å². The second kappa shape index (κ2) is 6.33. The van der Waals surface area contributed by atoms with E-state index in [-0.39, 0.29) is 11.4 Å². The van der Waals surface area contributed by atoms with E-state index in [2.05, 4.69) is 40.0 Å². The van der Waals surface area contributed by atoms with Gasteiger partial charge in [-0.15, -0.1) is 0 Å². The molecule has 0 saturated carbocycles. The van der Waals surface area contributed by atoms with Gasteiger partial charge >= 0.3 is 0 Å². The van der Waals surface area contributed by atoms with Crippen molar-refractivity contribution in [3.05, 3.63) is 34.1 Å². The Bertz CT molecular complexity index is 432. The van der Waals surface area contributed by atoms with Crippen molar-refractivity contribution in [1.29, 1.82) is 0 Å². The molecule has 19 heavy (non-hydrogen) atoms. The zero-order valence-electron chi connectivity index (χ0n) is 11.7. The molecule has 106 valence electrons. The van der Waals surface area contributed by atoms with Crippen molar-refractivity contribution in [1.82, 2.24) is 10.2 Å². The highest BCUT2D eigenvalue weighted by Crippen LogP contribution is 2.28. The fourth-order valence-corrected chi connectivity index (χ4v) is 3.27. The molecule has 1 heterocycles. The van der Waals surface area contributed by atoms with Crippen molar-refractivity contribution in [2.24, 2.45) is 0 Å². The summed E-state index contributed by atoms with van der Waals surface area (Å²) in [5, 5.41) is 3.47. The Kier molecular flexibility index (Phi) is 4.98. The Labute approximate surface area is 123 Å². The van der Waals surface area contributed by atoms with Crippen molar-refractivity contribution in [2.75, 3.05) is 19.6 Å². The van der Waals surface area contributed by atoms with E-state index < -0.39 is 0 Å². The highest BCUT2D eigenvalue weighted by molar-refractivity contribution is 9.10. The van der Waals surface area contributed by atoms with Crippen molar-refractivity contribution in [2.45, 2.75) is 38.8 Å². The maximum atomic E-state index is 14.0. The number of hydrogen-bond donors (Lipinski definition) is 1. The number of nitrogens with one attached hydrogen (secondary N) is 1. The van der Waals surface area contributed by atoms with Gasteiger partial charge in [0.1, 0.15) is 5.82 Å². The van der Waals surface area contributed by atoms with E-state index in [4.69, 9.17) is 0 Å². The van der Waals surface area contributed by atoms with Crippen LogP contribution >= 0.6 is 15.9 Å². The van der Waals surface area contributed by atoms with Crippen LogP contribution in [-0.2, 0) is 6.54 Å². The van der Waals surface area contributed by atoms with E-state index >= 15 is 0 Å². The molecule has 0 atom stereocenters. The first-order valence-corrected chi connectivity index (χ1v) is 7.80. The molecule has 4 heteroatoms. The minimum Gasteiger partial charge on any atom is -0.314 e. The fraction of sp³-hybridized carbons (Fsp3) is 0.600. The maximum Gasteiger partial charge on any atom is 0.128 e. The SMILES string of the molecule is CCC1(CC)CNCCN1Cc1ccc(Br)cc1F. The molecular formula is C15H22BrFN2. The highest BCUT2D eigenvalue weighted by atomic mass is 79.9. The minimum absolute atomic E-state index is 0.117. The number of piperazine rings is 1. The van der Waals surface area contributed by atoms with Gasteiger partial charge in [-0.05, 0) is 25.0 Å². The predicted octanol–water partition coefficient (Wildman–Crippen LogP) is 3.55. The van der Waals surface area contributed by atoms with Gasteiger partial charge in [0.05, 0.1) is 0 Å². The highest BCUT2D eigenvalue weighted by Gasteiger charge is 2.35. The summed E-state index contributed by atoms with van der Waals surface area (Å²) in [6, 6.07) is 5.36. The van der Waals surface area contributed by atoms with E-state index in [0.29, 0.717) is 6.54 Å². The van der Waals surface area contributed by atoms with Crippen LogP contribution < -0.4 is 5.32 Å². The van der Waals surface area contributed by atoms with Gasteiger partial charge < -0.3 is 5.32 Å². The van der Waals surface area contributed by atoms with Gasteiger partial charge in [-0.25, -0.2) is 4.39 Å². The van der Waals surface area contributed by atoms with Crippen LogP contribution in [-0.4, -0.2) is 30.1 Å². The Balaban J connectivity index is 2.19. The Morgan fingerprint density at radius 2 is 2.11 bits per heavy atom. The summed E-state index contributed by atoms with van der Waals surface area (Å²) in [5.74, 6) is -0.117. The van der Waals surface area contributed by atoms with Crippen LogP contribution in [0.15, 0.2) is 22.7 Å². The second-order valence-corrected chi connectivity index (χ2v) is 6.18. The lowest BCUT2D eigenvalue weighted by atomic mass is 9.88. The topological polar surface area (TPSA) is 15.3 Å². The van der Waals surface area contributed by atoms with Crippen LogP contribution in [0, 0.1) is 5.82 Å². The molecule has 2 rings (SSSR count). The molecule has 1 saturated heterocycles. The molecule has 1 aliphatic heterocycles. The Morgan fingerprint density at radius 1 is 1.37 bits per heavy atom. The van der Waals surface area contributed by atoms with E-state index in [0.717, 1.165) is 42.5 Å². The van der Waals surface area contributed by atoms with E-state index in [9.17, 15) is 4.39 Å². The average molecular weight is 329 g/mol. The molecule has 0 aromatic heterocycles. The summed E-state index contributed by atoms with van der Waals surface area (Å²) in [6.45, 7) is 8.11. The van der Waals surface area contributed by atoms with Gasteiger partial charge in [0.25, 0.3) is 0 Å². The van der Waals surface area contributed by atoms with Gasteiger partial charge in [-0.2, -0.15) is 0 Å². The van der Waals surface area contributed by atoms with Crippen LogP contribution in [0.3, 0.4) is 0 Å². The van der Waals surface area contributed by atoms with Gasteiger partial charge in [0.15, 0.2) is 0 Å². The number of rotatable bonds is 4. The lowest BCUT2D eigenvalue weighted by Crippen LogP contribution is -2.60. The molecule has 0 aliphatic carbocycles. The number of hydrogen-bond acceptors (Lipinski definition) is 2. The second-order valence-electron chi connectivity index (χ2n) is 5.27. The lowest BCUT2D eigenvalue weighted by molar-refractivity contribution is 0.0438. The summed E-state index contributed by atoms with van der Waals surface area (Å²) < 4.78 is 14.8. The first-order valence-electron chi connectivity index (χ1n) is 7.01. The smallest absolute Gasteiger partial charge is 0.128 e. The molecule has 1 fully saturated rings. The lowest BCUT2D eigenvalue weighted by Gasteiger charge is -2.47. The van der Waals surface area contributed by atoms with E-state index in [1.807, 2.05) is 12.1 Å². The Morgan fingerprint density at radius 3 is 2.74 bits per heavy atom. The summed E-state index contributed by atoms with van der Waals surface area (Å²) in [6.07, 6.45) is 2.18. The first kappa shape index (κ1) is 14.9. The van der Waals surface area contributed by atoms with E-state index in [1.165, 1.54) is 0 Å². The number of nitrogens with zero attached hydrogens (tertiary/aromatic N) is 1. The average Bonchev–Trinajstić information content (AvgIpc) is 2.42. The molecule has 1 aliphatic rings. The largest absolute Gasteiger partial charge is 0.314 e. The Hall–Kier alpha value is -0.450. The molecule has 2 nitrogen and oxygen atoms in total. The molecule has 0 spiro atoms. The molecule has 1 N–H and O–H groups in total. The molecule has 0 amide bonds. The van der Waals surface area contributed by atoms with Crippen molar-refractivity contribution >= 4 is 15.9 Å². The van der Waals surface area contributed by atoms with Crippen LogP contribution in [0.4, 0.5) is 4.39 Å². The number of halogens is 2. The molecule has 0 bridgehead atoms. The van der Waals surface area contributed by atoms with Gasteiger partial charge in [-0.1, -0.05) is 35.8 Å². The molecule has 1 aromatic carbocycles. The molecule has 1 aromatic rings. The van der Waals surface area contributed by atoms with Crippen LogP contribution in [0.5, 0.6) is 0 Å². The molecule has 0 unspecified atom stereocenters. The zero-order chi connectivity index (χ0) is 13.9. The third-order valence-corrected chi connectivity index (χ3v) is 4.87. The summed E-state index contributed by atoms with van der Waals surface area (Å²) >= 11 is 3.31. The maximum absolute atomic E-state index is 14.0. The summed E-state index contributed by atoms with van der Waals surface area (Å²) in [7, 11) is 0. The predicted molar refractivity (Wildman–Crippen MR) is 80.7 cm³/mol. The third kappa shape index (κ3) is 3.18. The molecular weight excluding hydrogens is 307 g/mol. The van der Waals surface area contributed by atoms with Gasteiger partial charge in [-0.3, -0.25) is 4.90 Å². The van der Waals surface area contributed by atoms with E-state index in [1.54, 1.807) is 6.07 Å². The standard InChI is InChI=1S/C15H22BrFN2/c1-3-15(4-2)11-18-7-8-19(15)10-12-5-6-13(16)9-14(12)17/h5-6,9,18H,3-4,7-8,10-11H2,1-2H3. The van der Waals surface area contributed by atoms with Crippen molar-refractivity contribution in [3.63, 3.8) is 0 Å². The molecule has 0 radical (unpaired) electrons. The first-order chi connectivity index (χ1) is 9.11. The third-order valence-electron chi connectivity index (χ3n) is 4.38. The monoisotopic (exact) mass is 328 g/mol. The van der Waals surface area contributed by atoms with Crippen LogP contribution in [0.1, 0.15) is 32.3 Å². The normalized spacial score (nSPS) is 19.6.